The van der Waals surface area contributed by atoms with Crippen LogP contribution in [0.4, 0.5) is 0 Å². The van der Waals surface area contributed by atoms with E-state index >= 15 is 0 Å². The Morgan fingerprint density at radius 2 is 1.84 bits per heavy atom. The number of fused-ring (bicyclic) bond motifs is 1. The first-order valence-electron chi connectivity index (χ1n) is 6.70. The quantitative estimate of drug-likeness (QED) is 0.838. The van der Waals surface area contributed by atoms with E-state index in [9.17, 15) is 4.79 Å². The Morgan fingerprint density at radius 3 is 2.47 bits per heavy atom. The van der Waals surface area contributed by atoms with Crippen LogP contribution in [0.15, 0.2) is 18.2 Å². The van der Waals surface area contributed by atoms with Crippen molar-refractivity contribution in [3.05, 3.63) is 23.8 Å². The maximum atomic E-state index is 12.6. The maximum absolute atomic E-state index is 12.6. The molecule has 0 saturated carbocycles. The van der Waals surface area contributed by atoms with E-state index in [1.165, 1.54) is 0 Å². The molecular formula is C15H21NO3. The average Bonchev–Trinajstić information content (AvgIpc) is 2.87. The van der Waals surface area contributed by atoms with E-state index in [-0.39, 0.29) is 12.7 Å². The molecular weight excluding hydrogens is 242 g/mol. The molecule has 0 N–H and O–H groups in total. The van der Waals surface area contributed by atoms with E-state index in [2.05, 4.69) is 0 Å². The Kier molecular flexibility index (Phi) is 3.69. The summed E-state index contributed by atoms with van der Waals surface area (Å²) in [6.07, 6.45) is 0. The molecule has 0 aromatic heterocycles. The molecule has 19 heavy (non-hydrogen) atoms. The van der Waals surface area contributed by atoms with E-state index in [1.54, 1.807) is 0 Å². The highest BCUT2D eigenvalue weighted by atomic mass is 16.7. The Morgan fingerprint density at radius 1 is 1.21 bits per heavy atom. The van der Waals surface area contributed by atoms with Crippen LogP contribution in [0, 0.1) is 0 Å². The van der Waals surface area contributed by atoms with E-state index in [0.717, 1.165) is 30.2 Å². The van der Waals surface area contributed by atoms with Crippen LogP contribution in [0.3, 0.4) is 0 Å². The lowest BCUT2D eigenvalue weighted by atomic mass is 9.83. The third-order valence-corrected chi connectivity index (χ3v) is 3.68. The van der Waals surface area contributed by atoms with Gasteiger partial charge >= 0.3 is 0 Å². The fourth-order valence-corrected chi connectivity index (χ4v) is 2.31. The second kappa shape index (κ2) is 5.11. The van der Waals surface area contributed by atoms with Crippen LogP contribution in [0.2, 0.25) is 0 Å². The minimum absolute atomic E-state index is 0.136. The normalized spacial score (nSPS) is 13.5. The molecule has 4 heteroatoms. The van der Waals surface area contributed by atoms with Gasteiger partial charge in [-0.15, -0.1) is 0 Å². The fourth-order valence-electron chi connectivity index (χ4n) is 2.31. The molecule has 0 atom stereocenters. The zero-order valence-corrected chi connectivity index (χ0v) is 12.0. The first kappa shape index (κ1) is 13.7. The van der Waals surface area contributed by atoms with Crippen LogP contribution < -0.4 is 9.47 Å². The molecule has 0 bridgehead atoms. The molecule has 0 saturated heterocycles. The lowest BCUT2D eigenvalue weighted by Gasteiger charge is -2.31. The molecule has 104 valence electrons. The number of hydrogen-bond donors (Lipinski definition) is 0. The highest BCUT2D eigenvalue weighted by molar-refractivity contribution is 5.87. The van der Waals surface area contributed by atoms with Crippen molar-refractivity contribution in [2.75, 3.05) is 19.9 Å². The Balaban J connectivity index is 2.31. The number of likely N-dealkylation sites (N-methyl/N-ethyl adjacent to an activating group) is 1. The molecule has 1 amide bonds. The number of hydrogen-bond acceptors (Lipinski definition) is 3. The third kappa shape index (κ3) is 2.39. The number of carbonyl (C=O) groups is 1. The molecule has 4 nitrogen and oxygen atoms in total. The average molecular weight is 263 g/mol. The largest absolute Gasteiger partial charge is 0.454 e. The monoisotopic (exact) mass is 263 g/mol. The van der Waals surface area contributed by atoms with E-state index in [4.69, 9.17) is 9.47 Å². The number of benzene rings is 1. The Hall–Kier alpha value is -1.71. The van der Waals surface area contributed by atoms with Gasteiger partial charge in [-0.05, 0) is 45.4 Å². The summed E-state index contributed by atoms with van der Waals surface area (Å²) in [4.78, 5) is 14.4. The van der Waals surface area contributed by atoms with Crippen molar-refractivity contribution >= 4 is 5.91 Å². The maximum Gasteiger partial charge on any atom is 0.232 e. The van der Waals surface area contributed by atoms with Crippen molar-refractivity contribution in [3.63, 3.8) is 0 Å². The zero-order chi connectivity index (χ0) is 14.0. The molecule has 0 unspecified atom stereocenters. The predicted molar refractivity (Wildman–Crippen MR) is 73.5 cm³/mol. The molecule has 0 aliphatic carbocycles. The molecule has 0 spiro atoms. The van der Waals surface area contributed by atoms with Crippen molar-refractivity contribution in [2.45, 2.75) is 33.1 Å². The smallest absolute Gasteiger partial charge is 0.232 e. The van der Waals surface area contributed by atoms with E-state index in [0.29, 0.717) is 0 Å². The van der Waals surface area contributed by atoms with Gasteiger partial charge in [0.05, 0.1) is 5.41 Å². The van der Waals surface area contributed by atoms with Crippen LogP contribution in [0.25, 0.3) is 0 Å². The van der Waals surface area contributed by atoms with Crippen molar-refractivity contribution in [1.82, 2.24) is 4.90 Å². The van der Waals surface area contributed by atoms with Gasteiger partial charge in [-0.25, -0.2) is 0 Å². The van der Waals surface area contributed by atoms with E-state index < -0.39 is 5.41 Å². The molecule has 1 aromatic rings. The summed E-state index contributed by atoms with van der Waals surface area (Å²) in [5.74, 6) is 1.60. The topological polar surface area (TPSA) is 38.8 Å². The van der Waals surface area contributed by atoms with Gasteiger partial charge < -0.3 is 14.4 Å². The number of amides is 1. The number of nitrogens with zero attached hydrogens (tertiary/aromatic N) is 1. The van der Waals surface area contributed by atoms with Crippen LogP contribution in [-0.2, 0) is 10.2 Å². The van der Waals surface area contributed by atoms with Crippen LogP contribution >= 0.6 is 0 Å². The standard InChI is InChI=1S/C15H21NO3/c1-5-16(6-2)14(17)15(3,4)11-7-8-12-13(9-11)19-10-18-12/h7-9H,5-6,10H2,1-4H3. The first-order chi connectivity index (χ1) is 9.00. The van der Waals surface area contributed by atoms with Gasteiger partial charge in [0, 0.05) is 13.1 Å². The molecule has 0 radical (unpaired) electrons. The summed E-state index contributed by atoms with van der Waals surface area (Å²) in [7, 11) is 0. The van der Waals surface area contributed by atoms with Gasteiger partial charge in [0.25, 0.3) is 0 Å². The molecule has 1 heterocycles. The fraction of sp³-hybridized carbons (Fsp3) is 0.533. The summed E-state index contributed by atoms with van der Waals surface area (Å²) in [5.41, 5.74) is 0.390. The SMILES string of the molecule is CCN(CC)C(=O)C(C)(C)c1ccc2c(c1)OCO2. The molecule has 1 aliphatic heterocycles. The van der Waals surface area contributed by atoms with Gasteiger partial charge in [-0.1, -0.05) is 6.07 Å². The van der Waals surface area contributed by atoms with Crippen molar-refractivity contribution < 1.29 is 14.3 Å². The number of ether oxygens (including phenoxy) is 2. The van der Waals surface area contributed by atoms with Crippen molar-refractivity contribution in [3.8, 4) is 11.5 Å². The minimum atomic E-state index is -0.562. The second-order valence-electron chi connectivity index (χ2n) is 5.17. The van der Waals surface area contributed by atoms with Gasteiger partial charge in [-0.3, -0.25) is 4.79 Å². The van der Waals surface area contributed by atoms with Gasteiger partial charge in [0.1, 0.15) is 0 Å². The lowest BCUT2D eigenvalue weighted by molar-refractivity contribution is -0.135. The molecule has 1 aromatic carbocycles. The third-order valence-electron chi connectivity index (χ3n) is 3.68. The Labute approximate surface area is 114 Å². The second-order valence-corrected chi connectivity index (χ2v) is 5.17. The highest BCUT2D eigenvalue weighted by Crippen LogP contribution is 2.37. The van der Waals surface area contributed by atoms with Gasteiger partial charge in [0.2, 0.25) is 12.7 Å². The predicted octanol–water partition coefficient (Wildman–Crippen LogP) is 2.56. The van der Waals surface area contributed by atoms with Crippen molar-refractivity contribution in [1.29, 1.82) is 0 Å². The highest BCUT2D eigenvalue weighted by Gasteiger charge is 2.33. The van der Waals surface area contributed by atoms with E-state index in [1.807, 2.05) is 50.8 Å². The number of carbonyl (C=O) groups excluding carboxylic acids is 1. The lowest BCUT2D eigenvalue weighted by Crippen LogP contribution is -2.43. The van der Waals surface area contributed by atoms with Crippen LogP contribution in [-0.4, -0.2) is 30.7 Å². The Bertz CT molecular complexity index is 478. The van der Waals surface area contributed by atoms with Gasteiger partial charge in [-0.2, -0.15) is 0 Å². The minimum Gasteiger partial charge on any atom is -0.454 e. The van der Waals surface area contributed by atoms with Crippen LogP contribution in [0.5, 0.6) is 11.5 Å². The summed E-state index contributed by atoms with van der Waals surface area (Å²) in [6.45, 7) is 9.60. The molecule has 1 aliphatic rings. The van der Waals surface area contributed by atoms with Gasteiger partial charge in [0.15, 0.2) is 11.5 Å². The summed E-state index contributed by atoms with van der Waals surface area (Å²) >= 11 is 0. The van der Waals surface area contributed by atoms with Crippen LogP contribution in [0.1, 0.15) is 33.3 Å². The zero-order valence-electron chi connectivity index (χ0n) is 12.0. The molecule has 0 fully saturated rings. The summed E-state index contributed by atoms with van der Waals surface area (Å²) in [5, 5.41) is 0. The first-order valence-corrected chi connectivity index (χ1v) is 6.70. The summed E-state index contributed by atoms with van der Waals surface area (Å²) in [6, 6.07) is 5.72. The summed E-state index contributed by atoms with van der Waals surface area (Å²) < 4.78 is 10.7. The molecule has 2 rings (SSSR count). The van der Waals surface area contributed by atoms with Crippen molar-refractivity contribution in [2.24, 2.45) is 0 Å². The number of rotatable bonds is 4.